The van der Waals surface area contributed by atoms with Crippen LogP contribution in [0.15, 0.2) is 24.3 Å². The summed E-state index contributed by atoms with van der Waals surface area (Å²) in [5.74, 6) is -1.50. The van der Waals surface area contributed by atoms with E-state index in [0.29, 0.717) is 0 Å². The molecule has 0 saturated heterocycles. The van der Waals surface area contributed by atoms with Crippen LogP contribution in [0.1, 0.15) is 23.1 Å². The SMILES string of the molecule is COCCC(NC(=O)C=Cc1ccc(C)cc1C)C(=O)O. The molecule has 0 aliphatic rings. The number of carboxylic acid groups (broad SMARTS) is 1. The molecule has 0 aliphatic carbocycles. The third-order valence-electron chi connectivity index (χ3n) is 3.06. The lowest BCUT2D eigenvalue weighted by atomic mass is 10.1. The van der Waals surface area contributed by atoms with Crippen molar-refractivity contribution in [3.8, 4) is 0 Å². The summed E-state index contributed by atoms with van der Waals surface area (Å²) in [6.07, 6.45) is 3.26. The van der Waals surface area contributed by atoms with E-state index in [9.17, 15) is 9.59 Å². The summed E-state index contributed by atoms with van der Waals surface area (Å²) in [6.45, 7) is 4.24. The zero-order valence-electron chi connectivity index (χ0n) is 12.6. The molecule has 114 valence electrons. The van der Waals surface area contributed by atoms with Gasteiger partial charge in [0.05, 0.1) is 0 Å². The predicted molar refractivity (Wildman–Crippen MR) is 81.0 cm³/mol. The van der Waals surface area contributed by atoms with Crippen molar-refractivity contribution in [3.05, 3.63) is 41.0 Å². The van der Waals surface area contributed by atoms with E-state index in [1.54, 1.807) is 6.08 Å². The molecular weight excluding hydrogens is 270 g/mol. The van der Waals surface area contributed by atoms with Gasteiger partial charge in [0.15, 0.2) is 0 Å². The number of hydrogen-bond donors (Lipinski definition) is 2. The van der Waals surface area contributed by atoms with Crippen LogP contribution in [0.25, 0.3) is 6.08 Å². The fourth-order valence-electron chi connectivity index (χ4n) is 1.89. The molecule has 0 aliphatic heterocycles. The van der Waals surface area contributed by atoms with Crippen molar-refractivity contribution < 1.29 is 19.4 Å². The lowest BCUT2D eigenvalue weighted by molar-refractivity contribution is -0.141. The third kappa shape index (κ3) is 5.79. The van der Waals surface area contributed by atoms with Crippen molar-refractivity contribution >= 4 is 18.0 Å². The minimum absolute atomic E-state index is 0.231. The zero-order valence-corrected chi connectivity index (χ0v) is 12.6. The highest BCUT2D eigenvalue weighted by Crippen LogP contribution is 2.12. The van der Waals surface area contributed by atoms with Crippen LogP contribution < -0.4 is 5.32 Å². The number of amides is 1. The molecule has 0 bridgehead atoms. The summed E-state index contributed by atoms with van der Waals surface area (Å²) in [7, 11) is 1.49. The number of rotatable bonds is 7. The topological polar surface area (TPSA) is 75.6 Å². The molecule has 5 nitrogen and oxygen atoms in total. The first-order valence-electron chi connectivity index (χ1n) is 6.71. The molecule has 1 aromatic carbocycles. The number of benzene rings is 1. The van der Waals surface area contributed by atoms with Crippen molar-refractivity contribution in [1.29, 1.82) is 0 Å². The molecule has 2 N–H and O–H groups in total. The molecule has 1 unspecified atom stereocenters. The lowest BCUT2D eigenvalue weighted by Crippen LogP contribution is -2.40. The minimum atomic E-state index is -1.07. The summed E-state index contributed by atoms with van der Waals surface area (Å²) in [5, 5.41) is 11.5. The number of carboxylic acids is 1. The smallest absolute Gasteiger partial charge is 0.326 e. The summed E-state index contributed by atoms with van der Waals surface area (Å²) in [5.41, 5.74) is 3.15. The van der Waals surface area contributed by atoms with E-state index in [1.807, 2.05) is 32.0 Å². The molecule has 0 spiro atoms. The molecule has 1 atom stereocenters. The Bertz CT molecular complexity index is 537. The maximum absolute atomic E-state index is 11.8. The standard InChI is InChI=1S/C16H21NO4/c1-11-4-5-13(12(2)10-11)6-7-15(18)17-14(16(19)20)8-9-21-3/h4-7,10,14H,8-9H2,1-3H3,(H,17,18)(H,19,20). The van der Waals surface area contributed by atoms with E-state index in [1.165, 1.54) is 13.2 Å². The van der Waals surface area contributed by atoms with E-state index in [2.05, 4.69) is 5.32 Å². The maximum atomic E-state index is 11.8. The number of carbonyl (C=O) groups is 2. The molecule has 1 aromatic rings. The van der Waals surface area contributed by atoms with Crippen LogP contribution in [0, 0.1) is 13.8 Å². The number of aryl methyl sites for hydroxylation is 2. The van der Waals surface area contributed by atoms with E-state index < -0.39 is 17.9 Å². The fourth-order valence-corrected chi connectivity index (χ4v) is 1.89. The van der Waals surface area contributed by atoms with Crippen LogP contribution >= 0.6 is 0 Å². The average molecular weight is 291 g/mol. The number of nitrogens with one attached hydrogen (secondary N) is 1. The first kappa shape index (κ1) is 16.9. The second kappa shape index (κ2) is 8.21. The number of aliphatic carboxylic acids is 1. The van der Waals surface area contributed by atoms with Gasteiger partial charge in [0, 0.05) is 26.2 Å². The maximum Gasteiger partial charge on any atom is 0.326 e. The van der Waals surface area contributed by atoms with Gasteiger partial charge in [-0.1, -0.05) is 23.8 Å². The highest BCUT2D eigenvalue weighted by Gasteiger charge is 2.18. The van der Waals surface area contributed by atoms with E-state index in [-0.39, 0.29) is 13.0 Å². The van der Waals surface area contributed by atoms with Gasteiger partial charge in [-0.25, -0.2) is 4.79 Å². The van der Waals surface area contributed by atoms with Crippen molar-refractivity contribution in [1.82, 2.24) is 5.32 Å². The van der Waals surface area contributed by atoms with Gasteiger partial charge >= 0.3 is 5.97 Å². The van der Waals surface area contributed by atoms with E-state index in [4.69, 9.17) is 9.84 Å². The molecule has 5 heteroatoms. The first-order valence-corrected chi connectivity index (χ1v) is 6.71. The number of ether oxygens (including phenoxy) is 1. The Kier molecular flexibility index (Phi) is 6.62. The van der Waals surface area contributed by atoms with Crippen LogP contribution in [-0.4, -0.2) is 36.7 Å². The molecule has 1 amide bonds. The second-order valence-corrected chi connectivity index (χ2v) is 4.87. The molecule has 0 heterocycles. The first-order chi connectivity index (χ1) is 9.93. The van der Waals surface area contributed by atoms with E-state index in [0.717, 1.165) is 16.7 Å². The quantitative estimate of drug-likeness (QED) is 0.753. The van der Waals surface area contributed by atoms with Crippen molar-refractivity contribution in [2.45, 2.75) is 26.3 Å². The largest absolute Gasteiger partial charge is 0.480 e. The van der Waals surface area contributed by atoms with Gasteiger partial charge in [0.2, 0.25) is 5.91 Å². The number of methoxy groups -OCH3 is 1. The predicted octanol–water partition coefficient (Wildman–Crippen LogP) is 1.92. The molecule has 1 rings (SSSR count). The zero-order chi connectivity index (χ0) is 15.8. The van der Waals surface area contributed by atoms with Gasteiger partial charge in [-0.3, -0.25) is 4.79 Å². The minimum Gasteiger partial charge on any atom is -0.480 e. The lowest BCUT2D eigenvalue weighted by Gasteiger charge is -2.12. The molecular formula is C16H21NO4. The Morgan fingerprint density at radius 3 is 2.67 bits per heavy atom. The summed E-state index contributed by atoms with van der Waals surface area (Å²) in [6, 6.07) is 4.97. The van der Waals surface area contributed by atoms with Crippen molar-refractivity contribution in [2.24, 2.45) is 0 Å². The van der Waals surface area contributed by atoms with Crippen molar-refractivity contribution in [3.63, 3.8) is 0 Å². The molecule has 0 aromatic heterocycles. The van der Waals surface area contributed by atoms with Crippen LogP contribution in [0.2, 0.25) is 0 Å². The summed E-state index contributed by atoms with van der Waals surface area (Å²) < 4.78 is 4.83. The Morgan fingerprint density at radius 2 is 2.10 bits per heavy atom. The van der Waals surface area contributed by atoms with Gasteiger partial charge in [0.1, 0.15) is 6.04 Å². The second-order valence-electron chi connectivity index (χ2n) is 4.87. The normalized spacial score (nSPS) is 12.3. The molecule has 21 heavy (non-hydrogen) atoms. The van der Waals surface area contributed by atoms with Crippen LogP contribution in [0.3, 0.4) is 0 Å². The Balaban J connectivity index is 2.66. The average Bonchev–Trinajstić information content (AvgIpc) is 2.42. The number of carbonyl (C=O) groups excluding carboxylic acids is 1. The monoisotopic (exact) mass is 291 g/mol. The Labute approximate surface area is 124 Å². The fraction of sp³-hybridized carbons (Fsp3) is 0.375. The van der Waals surface area contributed by atoms with Gasteiger partial charge in [-0.2, -0.15) is 0 Å². The summed E-state index contributed by atoms with van der Waals surface area (Å²) in [4.78, 5) is 22.8. The highest BCUT2D eigenvalue weighted by molar-refractivity contribution is 5.94. The van der Waals surface area contributed by atoms with Gasteiger partial charge in [-0.15, -0.1) is 0 Å². The summed E-state index contributed by atoms with van der Waals surface area (Å²) >= 11 is 0. The van der Waals surface area contributed by atoms with Crippen LogP contribution in [0.4, 0.5) is 0 Å². The van der Waals surface area contributed by atoms with Crippen LogP contribution in [0.5, 0.6) is 0 Å². The van der Waals surface area contributed by atoms with Crippen LogP contribution in [-0.2, 0) is 14.3 Å². The Morgan fingerprint density at radius 1 is 1.38 bits per heavy atom. The number of hydrogen-bond acceptors (Lipinski definition) is 3. The molecule has 0 saturated carbocycles. The van der Waals surface area contributed by atoms with Crippen molar-refractivity contribution in [2.75, 3.05) is 13.7 Å². The molecule has 0 radical (unpaired) electrons. The van der Waals surface area contributed by atoms with Gasteiger partial charge < -0.3 is 15.2 Å². The van der Waals surface area contributed by atoms with Gasteiger partial charge in [-0.05, 0) is 31.1 Å². The Hall–Kier alpha value is -2.14. The third-order valence-corrected chi connectivity index (χ3v) is 3.06. The highest BCUT2D eigenvalue weighted by atomic mass is 16.5. The molecule has 0 fully saturated rings. The van der Waals surface area contributed by atoms with Gasteiger partial charge in [0.25, 0.3) is 0 Å². The van der Waals surface area contributed by atoms with E-state index >= 15 is 0 Å².